The summed E-state index contributed by atoms with van der Waals surface area (Å²) < 4.78 is 5.33. The van der Waals surface area contributed by atoms with Gasteiger partial charge in [0, 0.05) is 49.4 Å². The molecule has 40 heavy (non-hydrogen) atoms. The Hall–Kier alpha value is -2.88. The Balaban J connectivity index is 1.29. The molecule has 214 valence electrons. The fourth-order valence-corrected chi connectivity index (χ4v) is 6.75. The summed E-state index contributed by atoms with van der Waals surface area (Å²) in [6.45, 7) is 9.21. The van der Waals surface area contributed by atoms with Crippen molar-refractivity contribution < 1.29 is 14.3 Å². The maximum atomic E-state index is 13.5. The van der Waals surface area contributed by atoms with E-state index in [1.165, 1.54) is 5.56 Å². The van der Waals surface area contributed by atoms with E-state index in [0.717, 1.165) is 54.3 Å². The number of hydrogen-bond donors (Lipinski definition) is 1. The van der Waals surface area contributed by atoms with E-state index in [1.807, 2.05) is 44.2 Å². The monoisotopic (exact) mass is 580 g/mol. The molecule has 3 aromatic rings. The van der Waals surface area contributed by atoms with Crippen molar-refractivity contribution in [2.75, 3.05) is 32.5 Å². The van der Waals surface area contributed by atoms with Crippen molar-refractivity contribution in [3.8, 4) is 5.75 Å². The van der Waals surface area contributed by atoms with Crippen LogP contribution in [0.15, 0.2) is 58.3 Å². The van der Waals surface area contributed by atoms with Gasteiger partial charge < -0.3 is 19.9 Å². The molecule has 4 rings (SSSR count). The first kappa shape index (κ1) is 30.1. The second-order valence-electron chi connectivity index (χ2n) is 10.4. The van der Waals surface area contributed by atoms with E-state index in [2.05, 4.69) is 43.9 Å². The van der Waals surface area contributed by atoms with E-state index in [1.54, 1.807) is 36.4 Å². The number of methoxy groups -OCH3 is 1. The molecular formula is C31H40N4O3S2. The van der Waals surface area contributed by atoms with Gasteiger partial charge in [-0.3, -0.25) is 14.6 Å². The number of piperidine rings is 1. The molecule has 0 saturated carbocycles. The lowest BCUT2D eigenvalue weighted by Crippen LogP contribution is -2.49. The molecule has 3 heterocycles. The first-order valence-electron chi connectivity index (χ1n) is 13.9. The third-order valence-electron chi connectivity index (χ3n) is 7.64. The number of amides is 2. The van der Waals surface area contributed by atoms with Gasteiger partial charge in [0.1, 0.15) is 5.75 Å². The number of nitrogens with zero attached hydrogens (tertiary/aromatic N) is 3. The quantitative estimate of drug-likeness (QED) is 0.283. The Morgan fingerprint density at radius 2 is 2.02 bits per heavy atom. The van der Waals surface area contributed by atoms with Crippen molar-refractivity contribution in [3.63, 3.8) is 0 Å². The summed E-state index contributed by atoms with van der Waals surface area (Å²) in [5, 5.41) is 7.29. The Morgan fingerprint density at radius 3 is 2.73 bits per heavy atom. The van der Waals surface area contributed by atoms with Gasteiger partial charge in [-0.2, -0.15) is 11.3 Å². The molecule has 1 aromatic carbocycles. The highest BCUT2D eigenvalue weighted by molar-refractivity contribution is 8.00. The third kappa shape index (κ3) is 8.08. The fraction of sp³-hybridized carbons (Fsp3) is 0.452. The molecule has 9 heteroatoms. The number of hydrogen-bond acceptors (Lipinski definition) is 7. The molecule has 1 fully saturated rings. The second-order valence-corrected chi connectivity index (χ2v) is 12.2. The smallest absolute Gasteiger partial charge is 0.253 e. The zero-order valence-electron chi connectivity index (χ0n) is 23.9. The summed E-state index contributed by atoms with van der Waals surface area (Å²) in [4.78, 5) is 36.1. The predicted molar refractivity (Wildman–Crippen MR) is 163 cm³/mol. The molecule has 1 atom stereocenters. The number of ether oxygens (including phenoxy) is 1. The largest absolute Gasteiger partial charge is 0.497 e. The van der Waals surface area contributed by atoms with Crippen LogP contribution in [0.1, 0.15) is 53.4 Å². The minimum absolute atomic E-state index is 0.0524. The summed E-state index contributed by atoms with van der Waals surface area (Å²) in [5.41, 5.74) is 3.57. The van der Waals surface area contributed by atoms with E-state index in [-0.39, 0.29) is 17.9 Å². The van der Waals surface area contributed by atoms with Crippen LogP contribution in [-0.4, -0.2) is 71.2 Å². The van der Waals surface area contributed by atoms with Crippen molar-refractivity contribution in [1.82, 2.24) is 20.1 Å². The number of likely N-dealkylation sites (tertiary alicyclic amines) is 1. The SMILES string of the molecule is COc1cccc(SCC(=O)N(Cc2ccsc2)C2CCN(C(C)CCNC(=O)c3c(C)ccnc3C)CC2)c1. The Bertz CT molecular complexity index is 1240. The lowest BCUT2D eigenvalue weighted by molar-refractivity contribution is -0.132. The van der Waals surface area contributed by atoms with Crippen molar-refractivity contribution in [1.29, 1.82) is 0 Å². The zero-order chi connectivity index (χ0) is 28.5. The van der Waals surface area contributed by atoms with E-state index < -0.39 is 0 Å². The minimum Gasteiger partial charge on any atom is -0.497 e. The molecule has 1 aliphatic heterocycles. The maximum Gasteiger partial charge on any atom is 0.253 e. The standard InChI is InChI=1S/C31H40N4O3S2/c1-22-8-13-32-24(3)30(22)31(37)33-14-9-23(2)34-15-10-26(11-16-34)35(19-25-12-17-39-20-25)29(36)21-40-28-7-5-6-27(18-28)38-4/h5-8,12-13,17-18,20,23,26H,9-11,14-16,19,21H2,1-4H3,(H,33,37). The van der Waals surface area contributed by atoms with Crippen LogP contribution in [0.3, 0.4) is 0 Å². The van der Waals surface area contributed by atoms with Gasteiger partial charge in [-0.25, -0.2) is 0 Å². The summed E-state index contributed by atoms with van der Waals surface area (Å²) in [6.07, 6.45) is 4.51. The van der Waals surface area contributed by atoms with Crippen LogP contribution in [0, 0.1) is 13.8 Å². The summed E-state index contributed by atoms with van der Waals surface area (Å²) in [6, 6.07) is 12.4. The van der Waals surface area contributed by atoms with Crippen LogP contribution < -0.4 is 10.1 Å². The van der Waals surface area contributed by atoms with Crippen LogP contribution in [0.4, 0.5) is 0 Å². The van der Waals surface area contributed by atoms with Gasteiger partial charge in [-0.1, -0.05) is 6.07 Å². The lowest BCUT2D eigenvalue weighted by Gasteiger charge is -2.41. The molecule has 1 saturated heterocycles. The second kappa shape index (κ2) is 14.7. The number of carbonyl (C=O) groups is 2. The number of aryl methyl sites for hydroxylation is 2. The first-order valence-corrected chi connectivity index (χ1v) is 15.8. The number of nitrogens with one attached hydrogen (secondary N) is 1. The number of pyridine rings is 1. The van der Waals surface area contributed by atoms with Crippen LogP contribution in [0.2, 0.25) is 0 Å². The van der Waals surface area contributed by atoms with E-state index in [0.29, 0.717) is 30.4 Å². The van der Waals surface area contributed by atoms with Crippen LogP contribution in [0.25, 0.3) is 0 Å². The molecule has 1 N–H and O–H groups in total. The molecule has 0 bridgehead atoms. The van der Waals surface area contributed by atoms with Crippen LogP contribution in [0.5, 0.6) is 5.75 Å². The number of carbonyl (C=O) groups excluding carboxylic acids is 2. The summed E-state index contributed by atoms with van der Waals surface area (Å²) >= 11 is 3.23. The molecule has 0 radical (unpaired) electrons. The highest BCUT2D eigenvalue weighted by Gasteiger charge is 2.30. The molecule has 0 spiro atoms. The topological polar surface area (TPSA) is 74.8 Å². The van der Waals surface area contributed by atoms with Gasteiger partial charge in [0.2, 0.25) is 5.91 Å². The number of thiophene rings is 1. The van der Waals surface area contributed by atoms with Gasteiger partial charge in [-0.15, -0.1) is 11.8 Å². The Kier molecular flexibility index (Phi) is 11.0. The summed E-state index contributed by atoms with van der Waals surface area (Å²) in [5.74, 6) is 1.33. The molecule has 2 aromatic heterocycles. The first-order chi connectivity index (χ1) is 19.4. The molecule has 7 nitrogen and oxygen atoms in total. The zero-order valence-corrected chi connectivity index (χ0v) is 25.5. The molecular weight excluding hydrogens is 541 g/mol. The normalized spacial score (nSPS) is 15.0. The van der Waals surface area contributed by atoms with Gasteiger partial charge in [0.05, 0.1) is 24.1 Å². The van der Waals surface area contributed by atoms with Crippen molar-refractivity contribution in [2.24, 2.45) is 0 Å². The molecule has 1 unspecified atom stereocenters. The highest BCUT2D eigenvalue weighted by Crippen LogP contribution is 2.26. The number of rotatable bonds is 12. The van der Waals surface area contributed by atoms with E-state index >= 15 is 0 Å². The summed E-state index contributed by atoms with van der Waals surface area (Å²) in [7, 11) is 1.66. The fourth-order valence-electron chi connectivity index (χ4n) is 5.26. The van der Waals surface area contributed by atoms with Gasteiger partial charge in [0.25, 0.3) is 5.91 Å². The number of benzene rings is 1. The third-order valence-corrected chi connectivity index (χ3v) is 9.35. The molecule has 1 aliphatic rings. The van der Waals surface area contributed by atoms with Crippen LogP contribution >= 0.6 is 23.1 Å². The number of aromatic nitrogens is 1. The predicted octanol–water partition coefficient (Wildman–Crippen LogP) is 5.56. The van der Waals surface area contributed by atoms with E-state index in [4.69, 9.17) is 4.74 Å². The average Bonchev–Trinajstić information content (AvgIpc) is 3.48. The highest BCUT2D eigenvalue weighted by atomic mass is 32.2. The Labute approximate surface area is 246 Å². The van der Waals surface area contributed by atoms with Crippen molar-refractivity contribution in [2.45, 2.75) is 63.6 Å². The van der Waals surface area contributed by atoms with Crippen LogP contribution in [-0.2, 0) is 11.3 Å². The van der Waals surface area contributed by atoms with Crippen molar-refractivity contribution in [3.05, 3.63) is 75.7 Å². The van der Waals surface area contributed by atoms with Gasteiger partial charge in [-0.05, 0) is 92.3 Å². The maximum absolute atomic E-state index is 13.5. The Morgan fingerprint density at radius 1 is 1.23 bits per heavy atom. The average molecular weight is 581 g/mol. The molecule has 2 amide bonds. The number of thioether (sulfide) groups is 1. The van der Waals surface area contributed by atoms with E-state index in [9.17, 15) is 9.59 Å². The lowest BCUT2D eigenvalue weighted by atomic mass is 10.00. The molecule has 0 aliphatic carbocycles. The van der Waals surface area contributed by atoms with Gasteiger partial charge in [0.15, 0.2) is 0 Å². The van der Waals surface area contributed by atoms with Gasteiger partial charge >= 0.3 is 0 Å². The minimum atomic E-state index is -0.0524. The van der Waals surface area contributed by atoms with Crippen molar-refractivity contribution >= 4 is 34.9 Å².